The monoisotopic (exact) mass is 247 g/mol. The normalized spacial score (nSPS) is 20.1. The van der Waals surface area contributed by atoms with Gasteiger partial charge in [0, 0.05) is 17.5 Å². The van der Waals surface area contributed by atoms with Crippen molar-refractivity contribution in [2.24, 2.45) is 0 Å². The maximum atomic E-state index is 11.9. The molecule has 18 heavy (non-hydrogen) atoms. The molecule has 0 radical (unpaired) electrons. The van der Waals surface area contributed by atoms with Crippen molar-refractivity contribution >= 4 is 5.97 Å². The van der Waals surface area contributed by atoms with E-state index in [2.05, 4.69) is 22.2 Å². The van der Waals surface area contributed by atoms with Crippen LogP contribution < -0.4 is 5.32 Å². The van der Waals surface area contributed by atoms with Crippen molar-refractivity contribution in [2.75, 3.05) is 13.7 Å². The highest BCUT2D eigenvalue weighted by atomic mass is 16.5. The van der Waals surface area contributed by atoms with Crippen LogP contribution in [0.15, 0.2) is 0 Å². The largest absolute Gasteiger partial charge is 0.464 e. The van der Waals surface area contributed by atoms with Crippen molar-refractivity contribution < 1.29 is 9.53 Å². The number of hydrogen-bond acceptors (Lipinski definition) is 5. The number of nitrogens with zero attached hydrogens (tertiary/aromatic N) is 2. The number of ether oxygens (including phenoxy) is 1. The van der Waals surface area contributed by atoms with Crippen molar-refractivity contribution in [3.63, 3.8) is 0 Å². The van der Waals surface area contributed by atoms with E-state index in [0.29, 0.717) is 12.2 Å². The van der Waals surface area contributed by atoms with E-state index < -0.39 is 0 Å². The molecule has 0 unspecified atom stereocenters. The molecule has 5 nitrogen and oxygen atoms in total. The molecular formula is C13H17N3O2. The van der Waals surface area contributed by atoms with Gasteiger partial charge in [0.05, 0.1) is 12.8 Å². The van der Waals surface area contributed by atoms with Crippen LogP contribution in [0.3, 0.4) is 0 Å². The maximum absolute atomic E-state index is 11.9. The van der Waals surface area contributed by atoms with Crippen LogP contribution in [0, 0.1) is 0 Å². The lowest BCUT2D eigenvalue weighted by Crippen LogP contribution is -2.29. The summed E-state index contributed by atoms with van der Waals surface area (Å²) < 4.78 is 4.84. The molecule has 1 N–H and O–H groups in total. The summed E-state index contributed by atoms with van der Waals surface area (Å²) in [6, 6.07) is 0. The van der Waals surface area contributed by atoms with Gasteiger partial charge in [0.1, 0.15) is 5.82 Å². The Morgan fingerprint density at radius 1 is 1.39 bits per heavy atom. The van der Waals surface area contributed by atoms with Crippen LogP contribution in [0.4, 0.5) is 0 Å². The second kappa shape index (κ2) is 4.02. The van der Waals surface area contributed by atoms with E-state index in [4.69, 9.17) is 4.74 Å². The van der Waals surface area contributed by atoms with Gasteiger partial charge in [-0.1, -0.05) is 6.92 Å². The van der Waals surface area contributed by atoms with Crippen molar-refractivity contribution in [2.45, 2.75) is 38.1 Å². The molecule has 3 rings (SSSR count). The van der Waals surface area contributed by atoms with E-state index in [1.54, 1.807) is 0 Å². The Labute approximate surface area is 106 Å². The number of rotatable bonds is 2. The Kier molecular flexibility index (Phi) is 2.59. The van der Waals surface area contributed by atoms with Crippen LogP contribution in [0.5, 0.6) is 0 Å². The molecule has 96 valence electrons. The zero-order valence-corrected chi connectivity index (χ0v) is 10.7. The fraction of sp³-hybridized carbons (Fsp3) is 0.615. The van der Waals surface area contributed by atoms with Gasteiger partial charge in [-0.3, -0.25) is 0 Å². The molecule has 2 aliphatic rings. The standard InChI is InChI=1S/C13H17N3O2/c1-13(4-5-13)12-15-9-7-14-6-3-8(9)10(16-12)11(17)18-2/h14H,3-7H2,1-2H3. The molecule has 0 spiro atoms. The molecule has 1 aromatic heterocycles. The van der Waals surface area contributed by atoms with Crippen LogP contribution in [0.25, 0.3) is 0 Å². The van der Waals surface area contributed by atoms with E-state index in [1.165, 1.54) is 7.11 Å². The highest BCUT2D eigenvalue weighted by molar-refractivity contribution is 5.89. The Hall–Kier alpha value is -1.49. The van der Waals surface area contributed by atoms with Crippen molar-refractivity contribution in [3.8, 4) is 0 Å². The van der Waals surface area contributed by atoms with Gasteiger partial charge in [0.15, 0.2) is 5.69 Å². The number of esters is 1. The van der Waals surface area contributed by atoms with Crippen LogP contribution in [-0.4, -0.2) is 29.6 Å². The molecule has 2 heterocycles. The molecule has 5 heteroatoms. The van der Waals surface area contributed by atoms with Gasteiger partial charge in [-0.15, -0.1) is 0 Å². The molecule has 1 aromatic rings. The molecule has 0 amide bonds. The van der Waals surface area contributed by atoms with Crippen molar-refractivity contribution in [1.29, 1.82) is 0 Å². The predicted octanol–water partition coefficient (Wildman–Crippen LogP) is 0.960. The SMILES string of the molecule is COC(=O)c1nc(C2(C)CC2)nc2c1CCNC2. The summed E-state index contributed by atoms with van der Waals surface area (Å²) in [5, 5.41) is 3.28. The fourth-order valence-corrected chi connectivity index (χ4v) is 2.31. The van der Waals surface area contributed by atoms with E-state index in [1.807, 2.05) is 0 Å². The maximum Gasteiger partial charge on any atom is 0.357 e. The van der Waals surface area contributed by atoms with Gasteiger partial charge in [-0.05, 0) is 25.8 Å². The van der Waals surface area contributed by atoms with Crippen LogP contribution in [0.2, 0.25) is 0 Å². The van der Waals surface area contributed by atoms with Crippen molar-refractivity contribution in [3.05, 3.63) is 22.8 Å². The second-order valence-corrected chi connectivity index (χ2v) is 5.30. The van der Waals surface area contributed by atoms with Gasteiger partial charge >= 0.3 is 5.97 Å². The average Bonchev–Trinajstić information content (AvgIpc) is 3.16. The summed E-state index contributed by atoms with van der Waals surface area (Å²) in [7, 11) is 1.40. The quantitative estimate of drug-likeness (QED) is 0.789. The minimum atomic E-state index is -0.346. The second-order valence-electron chi connectivity index (χ2n) is 5.30. The number of hydrogen-bond donors (Lipinski definition) is 1. The van der Waals surface area contributed by atoms with Crippen molar-refractivity contribution in [1.82, 2.24) is 15.3 Å². The predicted molar refractivity (Wildman–Crippen MR) is 65.4 cm³/mol. The average molecular weight is 247 g/mol. The van der Waals surface area contributed by atoms with Gasteiger partial charge in [-0.25, -0.2) is 14.8 Å². The number of carbonyl (C=O) groups excluding carboxylic acids is 1. The summed E-state index contributed by atoms with van der Waals surface area (Å²) in [5.74, 6) is 0.450. The molecule has 1 saturated carbocycles. The molecule has 0 aromatic carbocycles. The Bertz CT molecular complexity index is 509. The van der Waals surface area contributed by atoms with Crippen LogP contribution in [0.1, 0.15) is 47.3 Å². The minimum Gasteiger partial charge on any atom is -0.464 e. The molecule has 0 bridgehead atoms. The van der Waals surface area contributed by atoms with E-state index in [0.717, 1.165) is 42.9 Å². The van der Waals surface area contributed by atoms with Gasteiger partial charge in [-0.2, -0.15) is 0 Å². The number of methoxy groups -OCH3 is 1. The Balaban J connectivity index is 2.12. The molecule has 1 aliphatic carbocycles. The topological polar surface area (TPSA) is 64.1 Å². The smallest absolute Gasteiger partial charge is 0.357 e. The third-order valence-electron chi connectivity index (χ3n) is 3.86. The summed E-state index contributed by atoms with van der Waals surface area (Å²) in [5.41, 5.74) is 2.44. The highest BCUT2D eigenvalue weighted by Gasteiger charge is 2.43. The highest BCUT2D eigenvalue weighted by Crippen LogP contribution is 2.46. The van der Waals surface area contributed by atoms with Crippen LogP contribution >= 0.6 is 0 Å². The lowest BCUT2D eigenvalue weighted by atomic mass is 10.0. The minimum absolute atomic E-state index is 0.0647. The zero-order chi connectivity index (χ0) is 12.8. The van der Waals surface area contributed by atoms with E-state index in [-0.39, 0.29) is 11.4 Å². The molecular weight excluding hydrogens is 230 g/mol. The third-order valence-corrected chi connectivity index (χ3v) is 3.86. The first-order valence-electron chi connectivity index (χ1n) is 6.33. The van der Waals surface area contributed by atoms with Crippen LogP contribution in [-0.2, 0) is 23.1 Å². The zero-order valence-electron chi connectivity index (χ0n) is 10.7. The summed E-state index contributed by atoms with van der Waals surface area (Å²) in [6.07, 6.45) is 2.98. The van der Waals surface area contributed by atoms with Gasteiger partial charge in [0.25, 0.3) is 0 Å². The number of aromatic nitrogens is 2. The summed E-state index contributed by atoms with van der Waals surface area (Å²) in [6.45, 7) is 3.72. The molecule has 1 fully saturated rings. The fourth-order valence-electron chi connectivity index (χ4n) is 2.31. The molecule has 0 saturated heterocycles. The first-order chi connectivity index (χ1) is 8.64. The van der Waals surface area contributed by atoms with Gasteiger partial charge in [0.2, 0.25) is 0 Å². The summed E-state index contributed by atoms with van der Waals surface area (Å²) in [4.78, 5) is 21.0. The van der Waals surface area contributed by atoms with Gasteiger partial charge < -0.3 is 10.1 Å². The number of fused-ring (bicyclic) bond motifs is 1. The number of carbonyl (C=O) groups is 1. The Morgan fingerprint density at radius 2 is 2.17 bits per heavy atom. The Morgan fingerprint density at radius 3 is 2.83 bits per heavy atom. The van der Waals surface area contributed by atoms with E-state index in [9.17, 15) is 4.79 Å². The first-order valence-corrected chi connectivity index (χ1v) is 6.33. The molecule has 1 aliphatic heterocycles. The number of nitrogens with one attached hydrogen (secondary N) is 1. The third kappa shape index (κ3) is 1.79. The molecule has 0 atom stereocenters. The first kappa shape index (κ1) is 11.6. The lowest BCUT2D eigenvalue weighted by molar-refractivity contribution is 0.0591. The van der Waals surface area contributed by atoms with E-state index >= 15 is 0 Å². The summed E-state index contributed by atoms with van der Waals surface area (Å²) >= 11 is 0. The lowest BCUT2D eigenvalue weighted by Gasteiger charge is -2.20.